The zero-order valence-corrected chi connectivity index (χ0v) is 13.3. The topological polar surface area (TPSA) is 83.5 Å². The predicted octanol–water partition coefficient (Wildman–Crippen LogP) is 2.00. The van der Waals surface area contributed by atoms with Gasteiger partial charge in [-0.2, -0.15) is 5.10 Å². The number of hydrogen-bond acceptors (Lipinski definition) is 4. The van der Waals surface area contributed by atoms with Crippen LogP contribution in [0.3, 0.4) is 0 Å². The minimum atomic E-state index is -0.826. The summed E-state index contributed by atoms with van der Waals surface area (Å²) >= 11 is 0. The highest BCUT2D eigenvalue weighted by atomic mass is 16.2. The first-order valence-corrected chi connectivity index (χ1v) is 7.73. The number of aromatic nitrogens is 1. The van der Waals surface area contributed by atoms with Gasteiger partial charge in [0.15, 0.2) is 0 Å². The van der Waals surface area contributed by atoms with Crippen molar-refractivity contribution in [1.29, 1.82) is 0 Å². The molecule has 2 amide bonds. The van der Waals surface area contributed by atoms with Crippen LogP contribution in [0.2, 0.25) is 0 Å². The fraction of sp³-hybridized carbons (Fsp3) is 0.0526. The molecule has 0 aliphatic carbocycles. The van der Waals surface area contributed by atoms with Crippen LogP contribution in [-0.2, 0) is 16.1 Å². The van der Waals surface area contributed by atoms with Crippen LogP contribution in [0.4, 0.5) is 0 Å². The zero-order chi connectivity index (χ0) is 17.5. The third-order valence-corrected chi connectivity index (χ3v) is 3.56. The minimum Gasteiger partial charge on any atom is -0.342 e. The van der Waals surface area contributed by atoms with Crippen LogP contribution in [0.15, 0.2) is 72.0 Å². The molecule has 25 heavy (non-hydrogen) atoms. The third-order valence-electron chi connectivity index (χ3n) is 3.56. The Hall–Kier alpha value is -3.54. The highest BCUT2D eigenvalue weighted by Crippen LogP contribution is 2.16. The van der Waals surface area contributed by atoms with Crippen LogP contribution in [0, 0.1) is 0 Å². The van der Waals surface area contributed by atoms with Gasteiger partial charge in [-0.3, -0.25) is 14.6 Å². The van der Waals surface area contributed by atoms with E-state index in [9.17, 15) is 9.59 Å². The summed E-state index contributed by atoms with van der Waals surface area (Å²) in [5.74, 6) is -1.59. The lowest BCUT2D eigenvalue weighted by Crippen LogP contribution is -2.37. The second-order valence-electron chi connectivity index (χ2n) is 5.27. The molecule has 0 radical (unpaired) electrons. The molecular formula is C19H16N4O2. The number of amides is 2. The molecule has 0 saturated heterocycles. The Bertz CT molecular complexity index is 918. The number of pyridine rings is 1. The lowest BCUT2D eigenvalue weighted by atomic mass is 10.1. The molecule has 0 unspecified atom stereocenters. The quantitative estimate of drug-likeness (QED) is 0.435. The van der Waals surface area contributed by atoms with Gasteiger partial charge in [-0.1, -0.05) is 48.5 Å². The van der Waals surface area contributed by atoms with E-state index in [1.165, 1.54) is 6.21 Å². The lowest BCUT2D eigenvalue weighted by molar-refractivity contribution is -0.139. The van der Waals surface area contributed by atoms with E-state index >= 15 is 0 Å². The van der Waals surface area contributed by atoms with Crippen molar-refractivity contribution in [2.24, 2.45) is 5.10 Å². The van der Waals surface area contributed by atoms with Gasteiger partial charge in [0.25, 0.3) is 0 Å². The third kappa shape index (κ3) is 4.26. The Morgan fingerprint density at radius 1 is 0.960 bits per heavy atom. The van der Waals surface area contributed by atoms with E-state index in [0.29, 0.717) is 5.69 Å². The van der Waals surface area contributed by atoms with Crippen molar-refractivity contribution in [3.8, 4) is 0 Å². The molecule has 2 N–H and O–H groups in total. The second kappa shape index (κ2) is 7.83. The maximum absolute atomic E-state index is 11.8. The maximum Gasteiger partial charge on any atom is 0.329 e. The molecule has 0 aliphatic heterocycles. The van der Waals surface area contributed by atoms with Crippen LogP contribution in [0.1, 0.15) is 11.3 Å². The molecule has 1 aromatic heterocycles. The molecule has 6 nitrogen and oxygen atoms in total. The fourth-order valence-electron chi connectivity index (χ4n) is 2.33. The molecule has 1 heterocycles. The largest absolute Gasteiger partial charge is 0.342 e. The summed E-state index contributed by atoms with van der Waals surface area (Å²) in [6.07, 6.45) is 3.14. The average Bonchev–Trinajstić information content (AvgIpc) is 2.67. The minimum absolute atomic E-state index is 0.181. The summed E-state index contributed by atoms with van der Waals surface area (Å²) in [5, 5.41) is 8.45. The highest BCUT2D eigenvalue weighted by molar-refractivity contribution is 6.35. The van der Waals surface area contributed by atoms with Crippen LogP contribution < -0.4 is 10.7 Å². The predicted molar refractivity (Wildman–Crippen MR) is 95.8 cm³/mol. The van der Waals surface area contributed by atoms with Crippen molar-refractivity contribution < 1.29 is 9.59 Å². The number of benzene rings is 2. The summed E-state index contributed by atoms with van der Waals surface area (Å²) < 4.78 is 0. The van der Waals surface area contributed by atoms with E-state index in [0.717, 1.165) is 16.3 Å². The van der Waals surface area contributed by atoms with Crippen molar-refractivity contribution in [2.75, 3.05) is 0 Å². The van der Waals surface area contributed by atoms with Crippen molar-refractivity contribution >= 4 is 28.8 Å². The van der Waals surface area contributed by atoms with Crippen LogP contribution in [0.25, 0.3) is 10.8 Å². The highest BCUT2D eigenvalue weighted by Gasteiger charge is 2.12. The molecule has 2 aromatic carbocycles. The number of carbonyl (C=O) groups excluding carboxylic acids is 2. The Labute approximate surface area is 144 Å². The van der Waals surface area contributed by atoms with E-state index in [1.54, 1.807) is 18.3 Å². The van der Waals surface area contributed by atoms with Crippen LogP contribution >= 0.6 is 0 Å². The maximum atomic E-state index is 11.8. The van der Waals surface area contributed by atoms with Crippen molar-refractivity contribution in [3.05, 3.63) is 78.1 Å². The summed E-state index contributed by atoms with van der Waals surface area (Å²) in [4.78, 5) is 27.6. The Morgan fingerprint density at radius 2 is 1.76 bits per heavy atom. The van der Waals surface area contributed by atoms with Crippen LogP contribution in [-0.4, -0.2) is 23.0 Å². The molecule has 6 heteroatoms. The molecule has 0 fully saturated rings. The Morgan fingerprint density at radius 3 is 2.60 bits per heavy atom. The SMILES string of the molecule is O=C(NCc1ccccn1)C(=O)N/N=C\c1cccc2ccccc12. The first-order valence-electron chi connectivity index (χ1n) is 7.73. The summed E-state index contributed by atoms with van der Waals surface area (Å²) in [6.45, 7) is 0.181. The molecule has 0 bridgehead atoms. The number of nitrogens with one attached hydrogen (secondary N) is 2. The number of hydrazone groups is 1. The smallest absolute Gasteiger partial charge is 0.329 e. The molecule has 0 aliphatic rings. The van der Waals surface area contributed by atoms with Gasteiger partial charge in [-0.25, -0.2) is 5.43 Å². The Kier molecular flexibility index (Phi) is 5.11. The van der Waals surface area contributed by atoms with E-state index in [4.69, 9.17) is 0 Å². The van der Waals surface area contributed by atoms with Crippen molar-refractivity contribution in [3.63, 3.8) is 0 Å². The molecule has 0 saturated carbocycles. The molecular weight excluding hydrogens is 316 g/mol. The first kappa shape index (κ1) is 16.3. The van der Waals surface area contributed by atoms with Crippen LogP contribution in [0.5, 0.6) is 0 Å². The van der Waals surface area contributed by atoms with Gasteiger partial charge in [0.05, 0.1) is 18.5 Å². The lowest BCUT2D eigenvalue weighted by Gasteiger charge is -2.04. The molecule has 0 atom stereocenters. The molecule has 0 spiro atoms. The first-order chi connectivity index (χ1) is 12.2. The van der Waals surface area contributed by atoms with E-state index in [-0.39, 0.29) is 6.54 Å². The van der Waals surface area contributed by atoms with Gasteiger partial charge >= 0.3 is 11.8 Å². The van der Waals surface area contributed by atoms with Crippen molar-refractivity contribution in [1.82, 2.24) is 15.7 Å². The number of hydrogen-bond donors (Lipinski definition) is 2. The average molecular weight is 332 g/mol. The van der Waals surface area contributed by atoms with Gasteiger partial charge in [-0.05, 0) is 22.9 Å². The molecule has 3 aromatic rings. The number of fused-ring (bicyclic) bond motifs is 1. The summed E-state index contributed by atoms with van der Waals surface area (Å²) in [6, 6.07) is 19.0. The molecule has 124 valence electrons. The van der Waals surface area contributed by atoms with E-state index < -0.39 is 11.8 Å². The molecule has 3 rings (SSSR count). The number of rotatable bonds is 4. The standard InChI is InChI=1S/C19H16N4O2/c24-18(21-13-16-9-3-4-11-20-16)19(25)23-22-12-15-8-5-7-14-6-1-2-10-17(14)15/h1-12H,13H2,(H,21,24)(H,23,25)/b22-12-. The summed E-state index contributed by atoms with van der Waals surface area (Å²) in [7, 11) is 0. The van der Waals surface area contributed by atoms with E-state index in [1.807, 2.05) is 48.5 Å². The van der Waals surface area contributed by atoms with Gasteiger partial charge < -0.3 is 5.32 Å². The zero-order valence-electron chi connectivity index (χ0n) is 13.3. The van der Waals surface area contributed by atoms with E-state index in [2.05, 4.69) is 20.8 Å². The second-order valence-corrected chi connectivity index (χ2v) is 5.27. The van der Waals surface area contributed by atoms with Crippen molar-refractivity contribution in [2.45, 2.75) is 6.54 Å². The monoisotopic (exact) mass is 332 g/mol. The van der Waals surface area contributed by atoms with Gasteiger partial charge in [0, 0.05) is 11.8 Å². The summed E-state index contributed by atoms with van der Waals surface area (Å²) in [5.41, 5.74) is 3.75. The number of carbonyl (C=O) groups is 2. The Balaban J connectivity index is 1.57. The van der Waals surface area contributed by atoms with Gasteiger partial charge in [0.1, 0.15) is 0 Å². The van der Waals surface area contributed by atoms with Gasteiger partial charge in [-0.15, -0.1) is 0 Å². The van der Waals surface area contributed by atoms with Gasteiger partial charge in [0.2, 0.25) is 0 Å². The fourth-order valence-corrected chi connectivity index (χ4v) is 2.33. The number of nitrogens with zero attached hydrogens (tertiary/aromatic N) is 2. The normalized spacial score (nSPS) is 10.7.